The van der Waals surface area contributed by atoms with Gasteiger partial charge in [-0.15, -0.1) is 5.10 Å². The number of tetrazole rings is 1. The van der Waals surface area contributed by atoms with Crippen LogP contribution < -0.4 is 5.56 Å². The zero-order chi connectivity index (χ0) is 20.5. The molecule has 1 aliphatic carbocycles. The van der Waals surface area contributed by atoms with E-state index < -0.39 is 0 Å². The number of morpholine rings is 1. The summed E-state index contributed by atoms with van der Waals surface area (Å²) in [5.74, 6) is 0.765. The molecule has 0 spiro atoms. The number of nitrogens with zero attached hydrogens (tertiary/aromatic N) is 5. The van der Waals surface area contributed by atoms with Gasteiger partial charge in [0.15, 0.2) is 5.82 Å². The average Bonchev–Trinajstić information content (AvgIpc) is 3.26. The number of para-hydroxylation sites is 1. The van der Waals surface area contributed by atoms with E-state index in [-0.39, 0.29) is 11.6 Å². The highest BCUT2D eigenvalue weighted by Crippen LogP contribution is 2.33. The molecule has 2 aliphatic rings. The summed E-state index contributed by atoms with van der Waals surface area (Å²) >= 11 is 0. The van der Waals surface area contributed by atoms with Crippen molar-refractivity contribution in [1.82, 2.24) is 30.1 Å². The maximum absolute atomic E-state index is 13.3. The molecule has 1 aliphatic heterocycles. The highest BCUT2D eigenvalue weighted by molar-refractivity contribution is 5.82. The third kappa shape index (κ3) is 3.54. The lowest BCUT2D eigenvalue weighted by Gasteiger charge is -2.34. The van der Waals surface area contributed by atoms with Gasteiger partial charge >= 0.3 is 0 Å². The van der Waals surface area contributed by atoms with Crippen molar-refractivity contribution in [3.05, 3.63) is 51.6 Å². The minimum Gasteiger partial charge on any atom is -0.379 e. The molecule has 0 unspecified atom stereocenters. The average molecular weight is 409 g/mol. The molecule has 158 valence electrons. The Kier molecular flexibility index (Phi) is 5.35. The van der Waals surface area contributed by atoms with E-state index >= 15 is 0 Å². The van der Waals surface area contributed by atoms with Gasteiger partial charge in [0.05, 0.1) is 24.8 Å². The van der Waals surface area contributed by atoms with Crippen LogP contribution in [0.5, 0.6) is 0 Å². The topological polar surface area (TPSA) is 88.9 Å². The lowest BCUT2D eigenvalue weighted by atomic mass is 9.95. The summed E-state index contributed by atoms with van der Waals surface area (Å²) in [6, 6.07) is 8.11. The molecule has 8 heteroatoms. The van der Waals surface area contributed by atoms with E-state index in [0.29, 0.717) is 24.8 Å². The van der Waals surface area contributed by atoms with Crippen molar-refractivity contribution in [2.75, 3.05) is 26.3 Å². The third-order valence-corrected chi connectivity index (χ3v) is 6.51. The zero-order valence-corrected chi connectivity index (χ0v) is 17.4. The summed E-state index contributed by atoms with van der Waals surface area (Å²) in [4.78, 5) is 18.7. The minimum absolute atomic E-state index is 0.0773. The van der Waals surface area contributed by atoms with Crippen molar-refractivity contribution < 1.29 is 4.74 Å². The summed E-state index contributed by atoms with van der Waals surface area (Å²) in [5, 5.41) is 13.9. The Bertz CT molecular complexity index is 1080. The number of hydrogen-bond acceptors (Lipinski definition) is 6. The van der Waals surface area contributed by atoms with Crippen LogP contribution >= 0.6 is 0 Å². The molecule has 0 amide bonds. The lowest BCUT2D eigenvalue weighted by Crippen LogP contribution is -2.42. The molecule has 1 N–H and O–H groups in total. The van der Waals surface area contributed by atoms with Gasteiger partial charge in [0.25, 0.3) is 5.56 Å². The first-order chi connectivity index (χ1) is 14.7. The first kappa shape index (κ1) is 19.4. The molecule has 1 atom stereocenters. The summed E-state index contributed by atoms with van der Waals surface area (Å²) in [6.45, 7) is 4.79. The van der Waals surface area contributed by atoms with Crippen LogP contribution in [0.4, 0.5) is 0 Å². The molecule has 2 fully saturated rings. The molecule has 5 rings (SSSR count). The predicted octanol–water partition coefficient (Wildman–Crippen LogP) is 2.75. The van der Waals surface area contributed by atoms with Crippen LogP contribution in [-0.2, 0) is 4.74 Å². The van der Waals surface area contributed by atoms with E-state index in [1.54, 1.807) is 0 Å². The van der Waals surface area contributed by atoms with Crippen molar-refractivity contribution in [3.8, 4) is 0 Å². The van der Waals surface area contributed by atoms with Crippen molar-refractivity contribution >= 4 is 10.9 Å². The lowest BCUT2D eigenvalue weighted by molar-refractivity contribution is 0.0209. The van der Waals surface area contributed by atoms with Gasteiger partial charge in [0.2, 0.25) is 0 Å². The molecule has 0 bridgehead atoms. The number of aryl methyl sites for hydroxylation is 1. The van der Waals surface area contributed by atoms with Crippen LogP contribution in [-0.4, -0.2) is 56.4 Å². The molecular weight excluding hydrogens is 380 g/mol. The highest BCUT2D eigenvalue weighted by atomic mass is 16.5. The maximum Gasteiger partial charge on any atom is 0.253 e. The maximum atomic E-state index is 13.3. The molecule has 0 radical (unpaired) electrons. The van der Waals surface area contributed by atoms with Gasteiger partial charge in [0, 0.05) is 18.7 Å². The summed E-state index contributed by atoms with van der Waals surface area (Å²) in [6.07, 6.45) is 5.83. The SMILES string of the molecule is Cc1cccc2cc([C@@H](c3nnnn3C3CCCCC3)N3CCOCC3)c(=O)[nH]c12. The normalized spacial score (nSPS) is 19.9. The first-order valence-electron chi connectivity index (χ1n) is 10.9. The number of H-pyrrole nitrogens is 1. The standard InChI is InChI=1S/C22H28N6O2/c1-15-6-5-7-16-14-18(22(29)23-19(15)16)20(27-10-12-30-13-11-27)21-24-25-26-28(21)17-8-3-2-4-9-17/h5-7,14,17,20H,2-4,8-13H2,1H3,(H,23,29)/t20-/m0/s1. The number of ether oxygens (including phenoxy) is 1. The number of benzene rings is 1. The van der Waals surface area contributed by atoms with Crippen molar-refractivity contribution in [2.45, 2.75) is 51.1 Å². The van der Waals surface area contributed by atoms with Gasteiger partial charge in [-0.1, -0.05) is 37.5 Å². The van der Waals surface area contributed by atoms with Gasteiger partial charge < -0.3 is 9.72 Å². The van der Waals surface area contributed by atoms with Crippen LogP contribution in [0.2, 0.25) is 0 Å². The van der Waals surface area contributed by atoms with Crippen molar-refractivity contribution in [3.63, 3.8) is 0 Å². The smallest absolute Gasteiger partial charge is 0.253 e. The molecule has 1 aromatic carbocycles. The number of nitrogens with one attached hydrogen (secondary N) is 1. The van der Waals surface area contributed by atoms with Crippen molar-refractivity contribution in [2.24, 2.45) is 0 Å². The largest absolute Gasteiger partial charge is 0.379 e. The van der Waals surface area contributed by atoms with Crippen LogP contribution in [0.25, 0.3) is 10.9 Å². The second-order valence-corrected chi connectivity index (χ2v) is 8.42. The molecule has 1 saturated heterocycles. The summed E-state index contributed by atoms with van der Waals surface area (Å²) in [7, 11) is 0. The Morgan fingerprint density at radius 2 is 1.97 bits per heavy atom. The molecular formula is C22H28N6O2. The summed E-state index contributed by atoms with van der Waals surface area (Å²) < 4.78 is 7.57. The van der Waals surface area contributed by atoms with E-state index in [1.807, 2.05) is 35.9 Å². The van der Waals surface area contributed by atoms with Crippen LogP contribution in [0.15, 0.2) is 29.1 Å². The fraction of sp³-hybridized carbons (Fsp3) is 0.545. The Balaban J connectivity index is 1.64. The Morgan fingerprint density at radius 1 is 1.17 bits per heavy atom. The highest BCUT2D eigenvalue weighted by Gasteiger charge is 2.33. The predicted molar refractivity (Wildman–Crippen MR) is 113 cm³/mol. The van der Waals surface area contributed by atoms with Gasteiger partial charge in [-0.25, -0.2) is 4.68 Å². The van der Waals surface area contributed by atoms with Crippen LogP contribution in [0.3, 0.4) is 0 Å². The number of pyridine rings is 1. The van der Waals surface area contributed by atoms with Crippen LogP contribution in [0.1, 0.15) is 61.1 Å². The number of rotatable bonds is 4. The minimum atomic E-state index is -0.292. The Labute approximate surface area is 175 Å². The monoisotopic (exact) mass is 408 g/mol. The van der Waals surface area contributed by atoms with E-state index in [1.165, 1.54) is 19.3 Å². The summed E-state index contributed by atoms with van der Waals surface area (Å²) in [5.41, 5.74) is 2.57. The van der Waals surface area contributed by atoms with Crippen molar-refractivity contribution in [1.29, 1.82) is 0 Å². The van der Waals surface area contributed by atoms with E-state index in [0.717, 1.165) is 48.2 Å². The fourth-order valence-corrected chi connectivity index (χ4v) is 4.90. The molecule has 30 heavy (non-hydrogen) atoms. The van der Waals surface area contributed by atoms with E-state index in [2.05, 4.69) is 25.4 Å². The quantitative estimate of drug-likeness (QED) is 0.714. The van der Waals surface area contributed by atoms with E-state index in [4.69, 9.17) is 4.74 Å². The molecule has 2 aromatic heterocycles. The molecule has 3 aromatic rings. The number of aromatic amines is 1. The Morgan fingerprint density at radius 3 is 2.77 bits per heavy atom. The van der Waals surface area contributed by atoms with Gasteiger partial charge in [0.1, 0.15) is 6.04 Å². The molecule has 8 nitrogen and oxygen atoms in total. The molecule has 1 saturated carbocycles. The Hall–Kier alpha value is -2.58. The van der Waals surface area contributed by atoms with Gasteiger partial charge in [-0.05, 0) is 47.2 Å². The number of fused-ring (bicyclic) bond motifs is 1. The van der Waals surface area contributed by atoms with Gasteiger partial charge in [-0.2, -0.15) is 0 Å². The third-order valence-electron chi connectivity index (χ3n) is 6.51. The molecule has 3 heterocycles. The number of aromatic nitrogens is 5. The second kappa shape index (κ2) is 8.28. The first-order valence-corrected chi connectivity index (χ1v) is 10.9. The second-order valence-electron chi connectivity index (χ2n) is 8.42. The van der Waals surface area contributed by atoms with E-state index in [9.17, 15) is 4.79 Å². The number of hydrogen-bond donors (Lipinski definition) is 1. The van der Waals surface area contributed by atoms with Crippen LogP contribution in [0, 0.1) is 6.92 Å². The fourth-order valence-electron chi connectivity index (χ4n) is 4.90. The van der Waals surface area contributed by atoms with Gasteiger partial charge in [-0.3, -0.25) is 9.69 Å². The zero-order valence-electron chi connectivity index (χ0n) is 17.4.